The van der Waals surface area contributed by atoms with Crippen molar-refractivity contribution in [3.63, 3.8) is 0 Å². The molecule has 5 nitrogen and oxygen atoms in total. The second kappa shape index (κ2) is 5.50. The number of likely N-dealkylation sites (N-methyl/N-ethyl adjacent to an activating group) is 1. The number of H-pyrrole nitrogens is 1. The molecule has 0 saturated carbocycles. The molecular weight excluding hydrogens is 192 g/mol. The zero-order valence-corrected chi connectivity index (χ0v) is 9.50. The first-order valence-corrected chi connectivity index (χ1v) is 5.11. The number of nitrogens with one attached hydrogen (secondary N) is 2. The smallest absolute Gasteiger partial charge is 0.254 e. The molecule has 1 amide bonds. The Kier molecular flexibility index (Phi) is 4.30. The maximum absolute atomic E-state index is 11.6. The van der Waals surface area contributed by atoms with Gasteiger partial charge in [0, 0.05) is 18.8 Å². The summed E-state index contributed by atoms with van der Waals surface area (Å²) in [5, 5.41) is 9.40. The first kappa shape index (κ1) is 11.7. The van der Waals surface area contributed by atoms with Crippen molar-refractivity contribution in [2.24, 2.45) is 0 Å². The van der Waals surface area contributed by atoms with Gasteiger partial charge in [0.05, 0.1) is 11.8 Å². The normalized spacial score (nSPS) is 10.7. The second-order valence-electron chi connectivity index (χ2n) is 3.56. The van der Waals surface area contributed by atoms with E-state index in [1.807, 2.05) is 14.0 Å². The summed E-state index contributed by atoms with van der Waals surface area (Å²) in [7, 11) is 2.02. The van der Waals surface area contributed by atoms with Crippen LogP contribution in [0.4, 0.5) is 0 Å². The third kappa shape index (κ3) is 3.36. The molecule has 84 valence electrons. The molecule has 0 spiro atoms. The van der Waals surface area contributed by atoms with Crippen molar-refractivity contribution in [2.45, 2.75) is 13.8 Å². The van der Waals surface area contributed by atoms with Gasteiger partial charge in [0.1, 0.15) is 0 Å². The maximum Gasteiger partial charge on any atom is 0.254 e. The molecule has 1 aromatic heterocycles. The van der Waals surface area contributed by atoms with E-state index in [0.29, 0.717) is 12.1 Å². The van der Waals surface area contributed by atoms with Crippen molar-refractivity contribution in [1.82, 2.24) is 20.4 Å². The highest BCUT2D eigenvalue weighted by Gasteiger charge is 2.09. The summed E-state index contributed by atoms with van der Waals surface area (Å²) in [6.45, 7) is 6.43. The maximum atomic E-state index is 11.6. The van der Waals surface area contributed by atoms with Crippen LogP contribution in [0.1, 0.15) is 23.0 Å². The fourth-order valence-electron chi connectivity index (χ4n) is 1.19. The van der Waals surface area contributed by atoms with Crippen LogP contribution in [-0.2, 0) is 0 Å². The summed E-state index contributed by atoms with van der Waals surface area (Å²) in [5.74, 6) is -0.0641. The number of aryl methyl sites for hydroxylation is 1. The van der Waals surface area contributed by atoms with Gasteiger partial charge in [-0.1, -0.05) is 6.92 Å². The summed E-state index contributed by atoms with van der Waals surface area (Å²) in [4.78, 5) is 13.7. The van der Waals surface area contributed by atoms with Crippen molar-refractivity contribution in [3.05, 3.63) is 17.5 Å². The number of nitrogens with zero attached hydrogens (tertiary/aromatic N) is 2. The van der Waals surface area contributed by atoms with Gasteiger partial charge in [0.15, 0.2) is 0 Å². The Balaban J connectivity index is 2.34. The SMILES string of the molecule is CCN(C)CCNC(=O)c1cn[nH]c1C. The van der Waals surface area contributed by atoms with Crippen LogP contribution >= 0.6 is 0 Å². The predicted molar refractivity (Wildman–Crippen MR) is 58.8 cm³/mol. The van der Waals surface area contributed by atoms with E-state index in [0.717, 1.165) is 18.8 Å². The molecule has 15 heavy (non-hydrogen) atoms. The topological polar surface area (TPSA) is 61.0 Å². The van der Waals surface area contributed by atoms with E-state index in [2.05, 4.69) is 27.3 Å². The fraction of sp³-hybridized carbons (Fsp3) is 0.600. The molecule has 0 aliphatic carbocycles. The van der Waals surface area contributed by atoms with Gasteiger partial charge in [-0.2, -0.15) is 5.10 Å². The van der Waals surface area contributed by atoms with Crippen LogP contribution in [0.3, 0.4) is 0 Å². The number of aromatic nitrogens is 2. The number of carbonyl (C=O) groups is 1. The predicted octanol–water partition coefficient (Wildman–Crippen LogP) is 0.400. The van der Waals surface area contributed by atoms with Crippen molar-refractivity contribution in [3.8, 4) is 0 Å². The van der Waals surface area contributed by atoms with E-state index in [9.17, 15) is 4.79 Å². The first-order chi connectivity index (χ1) is 7.15. The standard InChI is InChI=1S/C10H18N4O/c1-4-14(3)6-5-11-10(15)9-7-12-13-8(9)2/h7H,4-6H2,1-3H3,(H,11,15)(H,12,13). The highest BCUT2D eigenvalue weighted by atomic mass is 16.1. The highest BCUT2D eigenvalue weighted by Crippen LogP contribution is 2.01. The summed E-state index contributed by atoms with van der Waals surface area (Å²) in [5.41, 5.74) is 1.42. The summed E-state index contributed by atoms with van der Waals surface area (Å²) in [6, 6.07) is 0. The lowest BCUT2D eigenvalue weighted by Crippen LogP contribution is -2.33. The Labute approximate surface area is 89.9 Å². The van der Waals surface area contributed by atoms with Crippen molar-refractivity contribution in [2.75, 3.05) is 26.7 Å². The third-order valence-corrected chi connectivity index (χ3v) is 2.39. The summed E-state index contributed by atoms with van der Waals surface area (Å²) in [6.07, 6.45) is 1.55. The largest absolute Gasteiger partial charge is 0.351 e. The van der Waals surface area contributed by atoms with Crippen LogP contribution in [-0.4, -0.2) is 47.7 Å². The van der Waals surface area contributed by atoms with Crippen LogP contribution < -0.4 is 5.32 Å². The van der Waals surface area contributed by atoms with Crippen molar-refractivity contribution in [1.29, 1.82) is 0 Å². The molecule has 0 radical (unpaired) electrons. The van der Waals surface area contributed by atoms with E-state index in [4.69, 9.17) is 0 Å². The van der Waals surface area contributed by atoms with Gasteiger partial charge in [-0.3, -0.25) is 9.89 Å². The first-order valence-electron chi connectivity index (χ1n) is 5.11. The van der Waals surface area contributed by atoms with Crippen molar-refractivity contribution >= 4 is 5.91 Å². The van der Waals surface area contributed by atoms with Gasteiger partial charge >= 0.3 is 0 Å². The van der Waals surface area contributed by atoms with E-state index >= 15 is 0 Å². The minimum atomic E-state index is -0.0641. The van der Waals surface area contributed by atoms with E-state index < -0.39 is 0 Å². The number of hydrogen-bond donors (Lipinski definition) is 2. The van der Waals surface area contributed by atoms with Gasteiger partial charge in [-0.15, -0.1) is 0 Å². The molecule has 0 atom stereocenters. The lowest BCUT2D eigenvalue weighted by Gasteiger charge is -2.13. The van der Waals surface area contributed by atoms with Gasteiger partial charge in [0.2, 0.25) is 0 Å². The monoisotopic (exact) mass is 210 g/mol. The van der Waals surface area contributed by atoms with Crippen LogP contribution in [0.15, 0.2) is 6.20 Å². The molecule has 1 aromatic rings. The average Bonchev–Trinajstić information content (AvgIpc) is 2.64. The fourth-order valence-corrected chi connectivity index (χ4v) is 1.19. The van der Waals surface area contributed by atoms with Crippen LogP contribution in [0, 0.1) is 6.92 Å². The molecule has 5 heteroatoms. The van der Waals surface area contributed by atoms with Crippen LogP contribution in [0.5, 0.6) is 0 Å². The Morgan fingerprint density at radius 2 is 2.40 bits per heavy atom. The summed E-state index contributed by atoms with van der Waals surface area (Å²) >= 11 is 0. The Morgan fingerprint density at radius 3 is 2.93 bits per heavy atom. The minimum Gasteiger partial charge on any atom is -0.351 e. The molecule has 0 aliphatic rings. The Morgan fingerprint density at radius 1 is 1.67 bits per heavy atom. The number of aromatic amines is 1. The van der Waals surface area contributed by atoms with Gasteiger partial charge in [0.25, 0.3) is 5.91 Å². The molecule has 0 aromatic carbocycles. The van der Waals surface area contributed by atoms with E-state index in [1.54, 1.807) is 6.20 Å². The lowest BCUT2D eigenvalue weighted by molar-refractivity contribution is 0.0949. The van der Waals surface area contributed by atoms with Crippen LogP contribution in [0.2, 0.25) is 0 Å². The molecule has 0 fully saturated rings. The van der Waals surface area contributed by atoms with Crippen molar-refractivity contribution < 1.29 is 4.79 Å². The zero-order valence-electron chi connectivity index (χ0n) is 9.50. The van der Waals surface area contributed by atoms with Gasteiger partial charge in [-0.05, 0) is 20.5 Å². The lowest BCUT2D eigenvalue weighted by atomic mass is 10.2. The number of hydrogen-bond acceptors (Lipinski definition) is 3. The van der Waals surface area contributed by atoms with E-state index in [1.165, 1.54) is 0 Å². The second-order valence-corrected chi connectivity index (χ2v) is 3.56. The van der Waals surface area contributed by atoms with Gasteiger partial charge < -0.3 is 10.2 Å². The number of carbonyl (C=O) groups excluding carboxylic acids is 1. The third-order valence-electron chi connectivity index (χ3n) is 2.39. The molecule has 1 rings (SSSR count). The molecule has 0 aliphatic heterocycles. The number of rotatable bonds is 5. The zero-order chi connectivity index (χ0) is 11.3. The minimum absolute atomic E-state index is 0.0641. The molecule has 1 heterocycles. The Hall–Kier alpha value is -1.36. The molecule has 0 unspecified atom stereocenters. The van der Waals surface area contributed by atoms with Gasteiger partial charge in [-0.25, -0.2) is 0 Å². The molecule has 2 N–H and O–H groups in total. The van der Waals surface area contributed by atoms with E-state index in [-0.39, 0.29) is 5.91 Å². The van der Waals surface area contributed by atoms with Crippen LogP contribution in [0.25, 0.3) is 0 Å². The molecule has 0 saturated heterocycles. The number of amides is 1. The Bertz CT molecular complexity index is 321. The highest BCUT2D eigenvalue weighted by molar-refractivity contribution is 5.94. The summed E-state index contributed by atoms with van der Waals surface area (Å²) < 4.78 is 0. The molecular formula is C10H18N4O. The molecule has 0 bridgehead atoms. The quantitative estimate of drug-likeness (QED) is 0.739. The average molecular weight is 210 g/mol.